The Bertz CT molecular complexity index is 400. The summed E-state index contributed by atoms with van der Waals surface area (Å²) in [7, 11) is 0. The van der Waals surface area contributed by atoms with Crippen LogP contribution in [0.1, 0.15) is 59.8 Å². The highest BCUT2D eigenvalue weighted by Crippen LogP contribution is 2.43. The van der Waals surface area contributed by atoms with Crippen molar-refractivity contribution in [3.8, 4) is 0 Å². The Morgan fingerprint density at radius 3 is 2.50 bits per heavy atom. The van der Waals surface area contributed by atoms with Gasteiger partial charge in [-0.15, -0.1) is 0 Å². The van der Waals surface area contributed by atoms with E-state index in [2.05, 4.69) is 48.8 Å². The molecule has 3 nitrogen and oxygen atoms in total. The Morgan fingerprint density at radius 2 is 1.90 bits per heavy atom. The molecule has 1 heterocycles. The van der Waals surface area contributed by atoms with Crippen molar-refractivity contribution in [2.24, 2.45) is 17.3 Å². The lowest BCUT2D eigenvalue weighted by molar-refractivity contribution is 0.252. The van der Waals surface area contributed by atoms with E-state index in [-0.39, 0.29) is 0 Å². The van der Waals surface area contributed by atoms with Crippen molar-refractivity contribution in [1.29, 1.82) is 0 Å². The summed E-state index contributed by atoms with van der Waals surface area (Å²) in [6, 6.07) is 0. The van der Waals surface area contributed by atoms with Crippen LogP contribution in [-0.2, 0) is 6.54 Å². The third-order valence-electron chi connectivity index (χ3n) is 4.40. The lowest BCUT2D eigenvalue weighted by atomic mass is 9.78. The maximum Gasteiger partial charge on any atom is 0.202 e. The molecule has 0 amide bonds. The smallest absolute Gasteiger partial charge is 0.202 e. The molecule has 1 aromatic heterocycles. The molecule has 1 aliphatic rings. The molecule has 1 aromatic rings. The highest BCUT2D eigenvalue weighted by molar-refractivity contribution is 5.26. The molecule has 0 atom stereocenters. The van der Waals surface area contributed by atoms with Gasteiger partial charge in [0.25, 0.3) is 0 Å². The quantitative estimate of drug-likeness (QED) is 0.792. The Hall–Kier alpha value is -0.990. The van der Waals surface area contributed by atoms with Crippen molar-refractivity contribution in [1.82, 2.24) is 9.55 Å². The van der Waals surface area contributed by atoms with Crippen LogP contribution in [0.2, 0.25) is 0 Å². The van der Waals surface area contributed by atoms with E-state index < -0.39 is 0 Å². The zero-order valence-corrected chi connectivity index (χ0v) is 13.7. The van der Waals surface area contributed by atoms with E-state index in [0.29, 0.717) is 11.3 Å². The number of imidazole rings is 1. The number of nitrogens with zero attached hydrogens (tertiary/aromatic N) is 2. The fourth-order valence-corrected chi connectivity index (χ4v) is 3.73. The SMILES string of the molecule is CC(C)Cn1ccnc1NCC1(CC(C)C)CCCC1. The molecule has 0 spiro atoms. The van der Waals surface area contributed by atoms with E-state index in [0.717, 1.165) is 25.0 Å². The van der Waals surface area contributed by atoms with Crippen LogP contribution >= 0.6 is 0 Å². The second-order valence-corrected chi connectivity index (χ2v) is 7.46. The van der Waals surface area contributed by atoms with Crippen LogP contribution in [0.4, 0.5) is 5.95 Å². The summed E-state index contributed by atoms with van der Waals surface area (Å²) in [5, 5.41) is 3.64. The highest BCUT2D eigenvalue weighted by Gasteiger charge is 2.34. The third-order valence-corrected chi connectivity index (χ3v) is 4.40. The van der Waals surface area contributed by atoms with Gasteiger partial charge in [-0.25, -0.2) is 4.98 Å². The van der Waals surface area contributed by atoms with Gasteiger partial charge in [0.05, 0.1) is 0 Å². The maximum absolute atomic E-state index is 4.49. The second kappa shape index (κ2) is 6.64. The normalized spacial score (nSPS) is 18.1. The fraction of sp³-hybridized carbons (Fsp3) is 0.824. The van der Waals surface area contributed by atoms with Crippen LogP contribution in [0.5, 0.6) is 0 Å². The van der Waals surface area contributed by atoms with Gasteiger partial charge in [-0.1, -0.05) is 40.5 Å². The molecule has 114 valence electrons. The summed E-state index contributed by atoms with van der Waals surface area (Å²) in [4.78, 5) is 4.49. The molecule has 2 rings (SSSR count). The monoisotopic (exact) mass is 277 g/mol. The fourth-order valence-electron chi connectivity index (χ4n) is 3.73. The zero-order valence-electron chi connectivity index (χ0n) is 13.7. The minimum absolute atomic E-state index is 0.503. The van der Waals surface area contributed by atoms with Gasteiger partial charge in [-0.3, -0.25) is 0 Å². The molecule has 1 fully saturated rings. The predicted octanol–water partition coefficient (Wildman–Crippen LogP) is 4.56. The second-order valence-electron chi connectivity index (χ2n) is 7.46. The van der Waals surface area contributed by atoms with E-state index >= 15 is 0 Å². The molecule has 0 aliphatic heterocycles. The van der Waals surface area contributed by atoms with Gasteiger partial charge in [0.2, 0.25) is 5.95 Å². The topological polar surface area (TPSA) is 29.9 Å². The molecule has 0 unspecified atom stereocenters. The molecule has 0 bridgehead atoms. The molecule has 1 aliphatic carbocycles. The molecular weight excluding hydrogens is 246 g/mol. The van der Waals surface area contributed by atoms with Crippen LogP contribution in [-0.4, -0.2) is 16.1 Å². The first-order valence-corrected chi connectivity index (χ1v) is 8.26. The van der Waals surface area contributed by atoms with Gasteiger partial charge in [-0.2, -0.15) is 0 Å². The first kappa shape index (κ1) is 15.4. The molecule has 0 saturated heterocycles. The largest absolute Gasteiger partial charge is 0.355 e. The lowest BCUT2D eigenvalue weighted by Crippen LogP contribution is -2.29. The molecular formula is C17H31N3. The van der Waals surface area contributed by atoms with Crippen LogP contribution in [0.15, 0.2) is 12.4 Å². The average molecular weight is 277 g/mol. The third kappa shape index (κ3) is 4.00. The van der Waals surface area contributed by atoms with Crippen LogP contribution in [0.25, 0.3) is 0 Å². The van der Waals surface area contributed by atoms with Crippen LogP contribution in [0.3, 0.4) is 0 Å². The van der Waals surface area contributed by atoms with Gasteiger partial charge in [-0.05, 0) is 36.5 Å². The van der Waals surface area contributed by atoms with E-state index in [1.807, 2.05) is 6.20 Å². The number of hydrogen-bond acceptors (Lipinski definition) is 2. The maximum atomic E-state index is 4.49. The van der Waals surface area contributed by atoms with Crippen LogP contribution in [0, 0.1) is 17.3 Å². The first-order chi connectivity index (χ1) is 9.51. The summed E-state index contributed by atoms with van der Waals surface area (Å²) >= 11 is 0. The Kier molecular flexibility index (Phi) is 5.11. The summed E-state index contributed by atoms with van der Waals surface area (Å²) < 4.78 is 2.25. The van der Waals surface area contributed by atoms with Crippen LogP contribution < -0.4 is 5.32 Å². The summed E-state index contributed by atoms with van der Waals surface area (Å²) in [5.74, 6) is 2.49. The summed E-state index contributed by atoms with van der Waals surface area (Å²) in [5.41, 5.74) is 0.503. The summed E-state index contributed by atoms with van der Waals surface area (Å²) in [6.45, 7) is 11.3. The predicted molar refractivity (Wildman–Crippen MR) is 85.9 cm³/mol. The highest BCUT2D eigenvalue weighted by atomic mass is 15.2. The van der Waals surface area contributed by atoms with Crippen molar-refractivity contribution >= 4 is 5.95 Å². The van der Waals surface area contributed by atoms with Gasteiger partial charge in [0.1, 0.15) is 0 Å². The Morgan fingerprint density at radius 1 is 1.20 bits per heavy atom. The van der Waals surface area contributed by atoms with E-state index in [1.165, 1.54) is 32.1 Å². The number of aromatic nitrogens is 2. The van der Waals surface area contributed by atoms with Gasteiger partial charge < -0.3 is 9.88 Å². The Labute approximate surface area is 124 Å². The minimum Gasteiger partial charge on any atom is -0.355 e. The molecule has 1 N–H and O–H groups in total. The lowest BCUT2D eigenvalue weighted by Gasteiger charge is -2.31. The van der Waals surface area contributed by atoms with Crippen molar-refractivity contribution in [3.63, 3.8) is 0 Å². The molecule has 3 heteroatoms. The number of rotatable bonds is 7. The molecule has 20 heavy (non-hydrogen) atoms. The van der Waals surface area contributed by atoms with Crippen molar-refractivity contribution in [2.45, 2.75) is 66.3 Å². The number of anilines is 1. The average Bonchev–Trinajstić information content (AvgIpc) is 2.95. The van der Waals surface area contributed by atoms with E-state index in [9.17, 15) is 0 Å². The van der Waals surface area contributed by atoms with E-state index in [4.69, 9.17) is 0 Å². The van der Waals surface area contributed by atoms with Crippen molar-refractivity contribution < 1.29 is 0 Å². The molecule has 1 saturated carbocycles. The first-order valence-electron chi connectivity index (χ1n) is 8.26. The van der Waals surface area contributed by atoms with E-state index in [1.54, 1.807) is 0 Å². The van der Waals surface area contributed by atoms with Gasteiger partial charge in [0, 0.05) is 25.5 Å². The minimum atomic E-state index is 0.503. The zero-order chi connectivity index (χ0) is 14.6. The van der Waals surface area contributed by atoms with Crippen molar-refractivity contribution in [2.75, 3.05) is 11.9 Å². The summed E-state index contributed by atoms with van der Waals surface area (Å²) in [6.07, 6.45) is 10.9. The van der Waals surface area contributed by atoms with Gasteiger partial charge in [0.15, 0.2) is 0 Å². The number of hydrogen-bond donors (Lipinski definition) is 1. The molecule has 0 radical (unpaired) electrons. The molecule has 0 aromatic carbocycles. The number of nitrogens with one attached hydrogen (secondary N) is 1. The Balaban J connectivity index is 1.97. The standard InChI is InChI=1S/C17H31N3/c1-14(2)11-17(7-5-6-8-17)13-19-16-18-9-10-20(16)12-15(3)4/h9-10,14-15H,5-8,11-13H2,1-4H3,(H,18,19). The van der Waals surface area contributed by atoms with Gasteiger partial charge >= 0.3 is 0 Å². The van der Waals surface area contributed by atoms with Crippen molar-refractivity contribution in [3.05, 3.63) is 12.4 Å².